The van der Waals surface area contributed by atoms with E-state index in [-0.39, 0.29) is 46.9 Å². The van der Waals surface area contributed by atoms with E-state index < -0.39 is 18.1 Å². The van der Waals surface area contributed by atoms with Crippen LogP contribution in [0, 0.1) is 11.7 Å². The summed E-state index contributed by atoms with van der Waals surface area (Å²) in [5.74, 6) is -1.41. The fraction of sp³-hybridized carbons (Fsp3) is 0.280. The van der Waals surface area contributed by atoms with E-state index in [1.165, 1.54) is 27.3 Å². The Kier molecular flexibility index (Phi) is 5.91. The maximum Gasteiger partial charge on any atom is 0.314 e. The van der Waals surface area contributed by atoms with Crippen LogP contribution in [0.3, 0.4) is 0 Å². The van der Waals surface area contributed by atoms with Crippen LogP contribution in [0.25, 0.3) is 21.8 Å². The molecule has 0 bridgehead atoms. The number of halogens is 1. The molecule has 0 aliphatic carbocycles. The number of hydrogen-bond donors (Lipinski definition) is 2. The van der Waals surface area contributed by atoms with E-state index in [2.05, 4.69) is 15.8 Å². The summed E-state index contributed by atoms with van der Waals surface area (Å²) in [4.78, 5) is 43.7. The molecule has 4 heterocycles. The van der Waals surface area contributed by atoms with Gasteiger partial charge in [0.05, 0.1) is 35.0 Å². The standard InChI is InChI=1S/C25H24FN5O4/c1-3-35-25(34)21-14(2)28-29-22(21)31-10-8-20-18(24(31)33)12-17-19(27-20)7-9-30(23(17)32)13-15-5-4-6-16(26)11-15/h4-12,14,21-22,28-29H,3,13H2,1-2H3. The number of hydrogen-bond acceptors (Lipinski definition) is 7. The molecule has 1 aliphatic heterocycles. The Balaban J connectivity index is 1.59. The summed E-state index contributed by atoms with van der Waals surface area (Å²) in [7, 11) is 0. The number of carbonyl (C=O) groups is 1. The second-order valence-electron chi connectivity index (χ2n) is 8.56. The molecule has 3 unspecified atom stereocenters. The molecule has 0 saturated carbocycles. The topological polar surface area (TPSA) is 107 Å². The van der Waals surface area contributed by atoms with Crippen LogP contribution in [0.1, 0.15) is 25.6 Å². The number of rotatable bonds is 5. The summed E-state index contributed by atoms with van der Waals surface area (Å²) in [5, 5.41) is 0.531. The van der Waals surface area contributed by atoms with Crippen molar-refractivity contribution in [3.8, 4) is 0 Å². The van der Waals surface area contributed by atoms with Crippen molar-refractivity contribution in [1.29, 1.82) is 0 Å². The summed E-state index contributed by atoms with van der Waals surface area (Å²) < 4.78 is 21.7. The van der Waals surface area contributed by atoms with Crippen molar-refractivity contribution in [1.82, 2.24) is 25.0 Å². The lowest BCUT2D eigenvalue weighted by atomic mass is 10.00. The number of fused-ring (bicyclic) bond motifs is 2. The summed E-state index contributed by atoms with van der Waals surface area (Å²) in [5.41, 5.74) is 6.81. The highest BCUT2D eigenvalue weighted by atomic mass is 19.1. The molecule has 180 valence electrons. The molecule has 4 aromatic rings. The molecule has 1 saturated heterocycles. The van der Waals surface area contributed by atoms with Gasteiger partial charge in [0.25, 0.3) is 11.1 Å². The van der Waals surface area contributed by atoms with Crippen LogP contribution in [-0.2, 0) is 16.1 Å². The number of nitrogens with zero attached hydrogens (tertiary/aromatic N) is 3. The number of hydrazine groups is 1. The minimum absolute atomic E-state index is 0.181. The third-order valence-electron chi connectivity index (χ3n) is 6.28. The summed E-state index contributed by atoms with van der Waals surface area (Å²) >= 11 is 0. The fourth-order valence-electron chi connectivity index (χ4n) is 4.54. The first-order valence-electron chi connectivity index (χ1n) is 11.3. The molecule has 1 aliphatic rings. The van der Waals surface area contributed by atoms with E-state index in [1.54, 1.807) is 43.6 Å². The van der Waals surface area contributed by atoms with Gasteiger partial charge >= 0.3 is 5.97 Å². The lowest BCUT2D eigenvalue weighted by Gasteiger charge is -2.21. The number of nitrogens with one attached hydrogen (secondary N) is 2. The first kappa shape index (κ1) is 22.9. The van der Waals surface area contributed by atoms with Gasteiger partial charge in [-0.3, -0.25) is 24.4 Å². The van der Waals surface area contributed by atoms with Crippen molar-refractivity contribution >= 4 is 27.8 Å². The monoisotopic (exact) mass is 477 g/mol. The van der Waals surface area contributed by atoms with Gasteiger partial charge in [-0.2, -0.15) is 0 Å². The molecule has 2 N–H and O–H groups in total. The maximum absolute atomic E-state index is 13.6. The summed E-state index contributed by atoms with van der Waals surface area (Å²) in [6.45, 7) is 3.98. The Morgan fingerprint density at radius 1 is 1.06 bits per heavy atom. The average molecular weight is 477 g/mol. The number of aromatic nitrogens is 3. The lowest BCUT2D eigenvalue weighted by Crippen LogP contribution is -2.38. The molecule has 3 atom stereocenters. The predicted molar refractivity (Wildman–Crippen MR) is 128 cm³/mol. The Hall–Kier alpha value is -3.89. The third-order valence-corrected chi connectivity index (χ3v) is 6.28. The Morgan fingerprint density at radius 2 is 1.80 bits per heavy atom. The molecule has 1 aromatic carbocycles. The van der Waals surface area contributed by atoms with E-state index >= 15 is 0 Å². The quantitative estimate of drug-likeness (QED) is 0.335. The molecule has 1 fully saturated rings. The highest BCUT2D eigenvalue weighted by molar-refractivity contribution is 5.91. The van der Waals surface area contributed by atoms with Crippen LogP contribution in [0.5, 0.6) is 0 Å². The maximum atomic E-state index is 13.6. The second kappa shape index (κ2) is 9.05. The lowest BCUT2D eigenvalue weighted by molar-refractivity contribution is -0.149. The Morgan fingerprint density at radius 3 is 2.54 bits per heavy atom. The van der Waals surface area contributed by atoms with Crippen LogP contribution in [-0.4, -0.2) is 32.7 Å². The number of esters is 1. The van der Waals surface area contributed by atoms with Gasteiger partial charge in [-0.25, -0.2) is 14.8 Å². The van der Waals surface area contributed by atoms with E-state index in [1.807, 2.05) is 6.92 Å². The van der Waals surface area contributed by atoms with E-state index in [9.17, 15) is 18.8 Å². The predicted octanol–water partition coefficient (Wildman–Crippen LogP) is 2.07. The highest BCUT2D eigenvalue weighted by Gasteiger charge is 2.41. The zero-order valence-electron chi connectivity index (χ0n) is 19.2. The molecule has 0 radical (unpaired) electrons. The summed E-state index contributed by atoms with van der Waals surface area (Å²) in [6, 6.07) is 10.7. The first-order chi connectivity index (χ1) is 16.9. The van der Waals surface area contributed by atoms with Gasteiger partial charge in [0.15, 0.2) is 0 Å². The molecule has 3 aromatic heterocycles. The van der Waals surface area contributed by atoms with Gasteiger partial charge in [0.2, 0.25) is 0 Å². The molecule has 0 spiro atoms. The molecule has 10 heteroatoms. The van der Waals surface area contributed by atoms with Gasteiger partial charge in [-0.15, -0.1) is 0 Å². The van der Waals surface area contributed by atoms with Gasteiger partial charge < -0.3 is 9.30 Å². The molecular formula is C25H24FN5O4. The van der Waals surface area contributed by atoms with E-state index in [0.717, 1.165) is 0 Å². The number of benzene rings is 1. The van der Waals surface area contributed by atoms with Crippen LogP contribution in [0.4, 0.5) is 4.39 Å². The molecule has 9 nitrogen and oxygen atoms in total. The fourth-order valence-corrected chi connectivity index (χ4v) is 4.54. The molecular weight excluding hydrogens is 453 g/mol. The number of ether oxygens (including phenoxy) is 1. The van der Waals surface area contributed by atoms with Gasteiger partial charge in [0.1, 0.15) is 17.9 Å². The smallest absolute Gasteiger partial charge is 0.314 e. The molecule has 5 rings (SSSR count). The van der Waals surface area contributed by atoms with Crippen LogP contribution >= 0.6 is 0 Å². The molecule has 35 heavy (non-hydrogen) atoms. The van der Waals surface area contributed by atoms with Crippen LogP contribution < -0.4 is 22.0 Å². The number of carbonyl (C=O) groups excluding carboxylic acids is 1. The van der Waals surface area contributed by atoms with Crippen molar-refractivity contribution in [2.45, 2.75) is 32.6 Å². The minimum Gasteiger partial charge on any atom is -0.466 e. The normalized spacial score (nSPS) is 19.9. The van der Waals surface area contributed by atoms with Crippen LogP contribution in [0.2, 0.25) is 0 Å². The average Bonchev–Trinajstić information content (AvgIpc) is 3.22. The van der Waals surface area contributed by atoms with E-state index in [4.69, 9.17) is 4.74 Å². The largest absolute Gasteiger partial charge is 0.466 e. The van der Waals surface area contributed by atoms with Crippen molar-refractivity contribution in [3.05, 3.63) is 86.9 Å². The highest BCUT2D eigenvalue weighted by Crippen LogP contribution is 2.25. The van der Waals surface area contributed by atoms with E-state index in [0.29, 0.717) is 16.6 Å². The van der Waals surface area contributed by atoms with Crippen molar-refractivity contribution < 1.29 is 13.9 Å². The van der Waals surface area contributed by atoms with Crippen molar-refractivity contribution in [2.75, 3.05) is 6.61 Å². The van der Waals surface area contributed by atoms with Crippen molar-refractivity contribution in [2.24, 2.45) is 5.92 Å². The second-order valence-corrected chi connectivity index (χ2v) is 8.56. The third kappa shape index (κ3) is 4.11. The first-order valence-corrected chi connectivity index (χ1v) is 11.3. The zero-order valence-corrected chi connectivity index (χ0v) is 19.2. The minimum atomic E-state index is -0.669. The molecule has 0 amide bonds. The number of pyridine rings is 3. The van der Waals surface area contributed by atoms with Crippen LogP contribution in [0.15, 0.2) is 64.4 Å². The van der Waals surface area contributed by atoms with Gasteiger partial charge in [-0.05, 0) is 49.7 Å². The summed E-state index contributed by atoms with van der Waals surface area (Å²) in [6.07, 6.45) is 2.52. The van der Waals surface area contributed by atoms with Gasteiger partial charge in [0, 0.05) is 18.4 Å². The Bertz CT molecular complexity index is 1560. The zero-order chi connectivity index (χ0) is 24.7. The van der Waals surface area contributed by atoms with Crippen molar-refractivity contribution in [3.63, 3.8) is 0 Å². The van der Waals surface area contributed by atoms with Gasteiger partial charge in [-0.1, -0.05) is 12.1 Å². The Labute approximate surface area is 199 Å². The SMILES string of the molecule is CCOC(=O)C1C(C)NNC1n1ccc2nc3ccn(Cc4cccc(F)c4)c(=O)c3cc2c1=O.